The number of hydrogen-bond acceptors (Lipinski definition) is 2. The van der Waals surface area contributed by atoms with Crippen LogP contribution in [0, 0.1) is 17.8 Å². The minimum absolute atomic E-state index is 0.841. The highest BCUT2D eigenvalue weighted by Crippen LogP contribution is 2.27. The van der Waals surface area contributed by atoms with Crippen molar-refractivity contribution in [2.45, 2.75) is 58.9 Å². The van der Waals surface area contributed by atoms with Crippen molar-refractivity contribution < 1.29 is 0 Å². The van der Waals surface area contributed by atoms with Crippen LogP contribution in [0.4, 0.5) is 0 Å². The van der Waals surface area contributed by atoms with Crippen molar-refractivity contribution >= 4 is 0 Å². The Kier molecular flexibility index (Phi) is 5.50. The minimum Gasteiger partial charge on any atom is -0.316 e. The van der Waals surface area contributed by atoms with Crippen LogP contribution < -0.4 is 5.32 Å². The Bertz CT molecular complexity index is 233. The maximum atomic E-state index is 3.56. The van der Waals surface area contributed by atoms with Crippen molar-refractivity contribution in [1.29, 1.82) is 0 Å². The zero-order chi connectivity index (χ0) is 13.0. The number of rotatable bonds is 6. The first-order chi connectivity index (χ1) is 8.66. The van der Waals surface area contributed by atoms with Crippen LogP contribution in [0.15, 0.2) is 0 Å². The van der Waals surface area contributed by atoms with Crippen molar-refractivity contribution in [2.75, 3.05) is 26.2 Å². The molecular formula is C16H32N2. The minimum atomic E-state index is 0.841. The molecule has 0 amide bonds. The first kappa shape index (κ1) is 14.3. The van der Waals surface area contributed by atoms with E-state index in [0.717, 1.165) is 23.8 Å². The normalized spacial score (nSPS) is 29.8. The molecule has 0 spiro atoms. The van der Waals surface area contributed by atoms with Gasteiger partial charge < -0.3 is 10.2 Å². The van der Waals surface area contributed by atoms with Crippen LogP contribution >= 0.6 is 0 Å². The van der Waals surface area contributed by atoms with Gasteiger partial charge in [-0.2, -0.15) is 0 Å². The fourth-order valence-corrected chi connectivity index (χ4v) is 3.53. The summed E-state index contributed by atoms with van der Waals surface area (Å²) in [4.78, 5) is 2.83. The van der Waals surface area contributed by atoms with Crippen molar-refractivity contribution in [2.24, 2.45) is 17.8 Å². The molecule has 1 N–H and O–H groups in total. The molecule has 1 heterocycles. The summed E-state index contributed by atoms with van der Waals surface area (Å²) < 4.78 is 0. The van der Waals surface area contributed by atoms with E-state index in [0.29, 0.717) is 0 Å². The Morgan fingerprint density at radius 2 is 1.89 bits per heavy atom. The molecule has 0 aromatic carbocycles. The molecule has 2 aliphatic rings. The Hall–Kier alpha value is -0.0800. The van der Waals surface area contributed by atoms with Gasteiger partial charge >= 0.3 is 0 Å². The average molecular weight is 252 g/mol. The van der Waals surface area contributed by atoms with Gasteiger partial charge in [-0.05, 0) is 56.7 Å². The molecule has 2 atom stereocenters. The van der Waals surface area contributed by atoms with Gasteiger partial charge in [-0.15, -0.1) is 0 Å². The van der Waals surface area contributed by atoms with Gasteiger partial charge in [0.15, 0.2) is 0 Å². The third kappa shape index (κ3) is 3.96. The van der Waals surface area contributed by atoms with Crippen molar-refractivity contribution in [1.82, 2.24) is 10.2 Å². The van der Waals surface area contributed by atoms with E-state index in [9.17, 15) is 0 Å². The van der Waals surface area contributed by atoms with E-state index >= 15 is 0 Å². The van der Waals surface area contributed by atoms with Crippen LogP contribution in [0.25, 0.3) is 0 Å². The molecule has 0 unspecified atom stereocenters. The molecule has 0 aromatic rings. The summed E-state index contributed by atoms with van der Waals surface area (Å²) in [7, 11) is 0. The van der Waals surface area contributed by atoms with E-state index in [-0.39, 0.29) is 0 Å². The largest absolute Gasteiger partial charge is 0.316 e. The first-order valence-electron chi connectivity index (χ1n) is 8.11. The van der Waals surface area contributed by atoms with Gasteiger partial charge in [0.05, 0.1) is 0 Å². The van der Waals surface area contributed by atoms with E-state index in [2.05, 4.69) is 31.0 Å². The highest BCUT2D eigenvalue weighted by Gasteiger charge is 2.29. The molecule has 2 rings (SSSR count). The fraction of sp³-hybridized carbons (Fsp3) is 1.00. The molecule has 0 radical (unpaired) electrons. The maximum Gasteiger partial charge on any atom is 0.00953 e. The second-order valence-electron chi connectivity index (χ2n) is 7.01. The summed E-state index contributed by atoms with van der Waals surface area (Å²) in [6, 6.07) is 0.900. The van der Waals surface area contributed by atoms with E-state index in [4.69, 9.17) is 0 Å². The third-order valence-corrected chi connectivity index (χ3v) is 4.98. The van der Waals surface area contributed by atoms with Gasteiger partial charge in [0.1, 0.15) is 0 Å². The average Bonchev–Trinajstić information content (AvgIpc) is 2.96. The summed E-state index contributed by atoms with van der Waals surface area (Å²) in [5, 5.41) is 3.56. The molecule has 2 heteroatoms. The molecule has 1 saturated heterocycles. The van der Waals surface area contributed by atoms with Gasteiger partial charge in [-0.3, -0.25) is 0 Å². The van der Waals surface area contributed by atoms with Crippen LogP contribution in [-0.2, 0) is 0 Å². The van der Waals surface area contributed by atoms with Crippen LogP contribution in [0.1, 0.15) is 52.9 Å². The summed E-state index contributed by atoms with van der Waals surface area (Å²) in [6.45, 7) is 12.3. The Morgan fingerprint density at radius 1 is 1.17 bits per heavy atom. The third-order valence-electron chi connectivity index (χ3n) is 4.98. The van der Waals surface area contributed by atoms with Crippen molar-refractivity contribution in [3.05, 3.63) is 0 Å². The fourth-order valence-electron chi connectivity index (χ4n) is 3.53. The summed E-state index contributed by atoms with van der Waals surface area (Å²) in [6.07, 6.45) is 7.19. The Morgan fingerprint density at radius 3 is 2.44 bits per heavy atom. The molecular weight excluding hydrogens is 220 g/mol. The van der Waals surface area contributed by atoms with Crippen LogP contribution in [0.2, 0.25) is 0 Å². The Labute approximate surface area is 114 Å². The molecule has 0 bridgehead atoms. The highest BCUT2D eigenvalue weighted by molar-refractivity contribution is 4.85. The van der Waals surface area contributed by atoms with Gasteiger partial charge in [-0.1, -0.05) is 33.6 Å². The number of nitrogens with zero attached hydrogens (tertiary/aromatic N) is 1. The quantitative estimate of drug-likeness (QED) is 0.781. The zero-order valence-corrected chi connectivity index (χ0v) is 12.6. The topological polar surface area (TPSA) is 15.3 Å². The lowest BCUT2D eigenvalue weighted by Gasteiger charge is -2.32. The summed E-state index contributed by atoms with van der Waals surface area (Å²) in [5.41, 5.74) is 0. The second-order valence-corrected chi connectivity index (χ2v) is 7.01. The number of nitrogens with one attached hydrogen (secondary N) is 1. The smallest absolute Gasteiger partial charge is 0.00953 e. The van der Waals surface area contributed by atoms with Gasteiger partial charge in [0.25, 0.3) is 0 Å². The number of hydrogen-bond donors (Lipinski definition) is 1. The molecule has 1 aliphatic heterocycles. The van der Waals surface area contributed by atoms with Crippen LogP contribution in [0.3, 0.4) is 0 Å². The van der Waals surface area contributed by atoms with Crippen LogP contribution in [-0.4, -0.2) is 37.1 Å². The lowest BCUT2D eigenvalue weighted by atomic mass is 9.96. The van der Waals surface area contributed by atoms with E-state index < -0.39 is 0 Å². The molecule has 2 nitrogen and oxygen atoms in total. The lowest BCUT2D eigenvalue weighted by Crippen LogP contribution is -2.40. The lowest BCUT2D eigenvalue weighted by molar-refractivity contribution is 0.152. The first-order valence-corrected chi connectivity index (χ1v) is 8.11. The molecule has 2 fully saturated rings. The van der Waals surface area contributed by atoms with Crippen LogP contribution in [0.5, 0.6) is 0 Å². The predicted octanol–water partition coefficient (Wildman–Crippen LogP) is 3.13. The molecule has 1 saturated carbocycles. The molecule has 106 valence electrons. The van der Waals surface area contributed by atoms with E-state index in [1.807, 2.05) is 0 Å². The van der Waals surface area contributed by atoms with Crippen molar-refractivity contribution in [3.8, 4) is 0 Å². The van der Waals surface area contributed by atoms with Crippen molar-refractivity contribution in [3.63, 3.8) is 0 Å². The molecule has 18 heavy (non-hydrogen) atoms. The van der Waals surface area contributed by atoms with E-state index in [1.165, 1.54) is 58.3 Å². The maximum absolute atomic E-state index is 3.56. The Balaban J connectivity index is 1.86. The zero-order valence-electron chi connectivity index (χ0n) is 12.6. The SMILES string of the molecule is CC(C)CCN(C[C@@H]1CNC[C@H]1C)C1CCCC1. The van der Waals surface area contributed by atoms with Gasteiger partial charge in [0, 0.05) is 12.6 Å². The molecule has 0 aromatic heterocycles. The standard InChI is InChI=1S/C16H32N2/c1-13(2)8-9-18(16-6-4-5-7-16)12-15-11-17-10-14(15)3/h13-17H,4-12H2,1-3H3/t14-,15+/m1/s1. The summed E-state index contributed by atoms with van der Waals surface area (Å²) in [5.74, 6) is 2.60. The van der Waals surface area contributed by atoms with Gasteiger partial charge in [-0.25, -0.2) is 0 Å². The second kappa shape index (κ2) is 6.91. The molecule has 1 aliphatic carbocycles. The van der Waals surface area contributed by atoms with Gasteiger partial charge in [0.2, 0.25) is 0 Å². The summed E-state index contributed by atoms with van der Waals surface area (Å²) >= 11 is 0. The highest BCUT2D eigenvalue weighted by atomic mass is 15.2. The monoisotopic (exact) mass is 252 g/mol. The predicted molar refractivity (Wildman–Crippen MR) is 78.8 cm³/mol. The van der Waals surface area contributed by atoms with E-state index in [1.54, 1.807) is 0 Å².